The molecular weight excluding hydrogens is 400 g/mol. The number of carboxylic acid groups (broad SMARTS) is 1. The molecule has 0 aromatic carbocycles. The van der Waals surface area contributed by atoms with Gasteiger partial charge in [0, 0.05) is 16.7 Å². The number of hydrogen-bond acceptors (Lipinski definition) is 6. The summed E-state index contributed by atoms with van der Waals surface area (Å²) in [5.41, 5.74) is -1.53. The number of hydrogen-bond donors (Lipinski definition) is 3. The highest BCUT2D eigenvalue weighted by Gasteiger charge is 2.77. The lowest BCUT2D eigenvalue weighted by atomic mass is 9.46. The van der Waals surface area contributed by atoms with Crippen molar-refractivity contribution in [2.24, 2.45) is 28.6 Å². The number of rotatable bonds is 2. The minimum absolute atomic E-state index is 0.0102. The summed E-state index contributed by atoms with van der Waals surface area (Å²) in [6.07, 6.45) is 4.68. The van der Waals surface area contributed by atoms with Crippen LogP contribution in [0.5, 0.6) is 0 Å². The quantitative estimate of drug-likeness (QED) is 0.613. The normalized spacial score (nSPS) is 50.7. The number of carboxylic acids is 1. The van der Waals surface area contributed by atoms with Gasteiger partial charge >= 0.3 is 5.97 Å². The standard InChI is InChI=1S/C24H32O7/c1-21(2)30-17-10-15-14-6-5-12-9-13(25)7-8-22(12,3)18(14)16(26)11-23(15,4)24(17,31-21)19(27)20(28)29/h7-9,14-19,26-27H,5-6,10-11H2,1-4H3,(H,28,29)/t14-,15-,16-,17-,18+,19-,22-,23-,24?/m0/s1. The first-order chi connectivity index (χ1) is 14.4. The summed E-state index contributed by atoms with van der Waals surface area (Å²) < 4.78 is 12.5. The largest absolute Gasteiger partial charge is 0.479 e. The lowest BCUT2D eigenvalue weighted by molar-refractivity contribution is -0.251. The third kappa shape index (κ3) is 2.55. The molecule has 0 spiro atoms. The second-order valence-electron chi connectivity index (χ2n) is 11.1. The molecule has 1 unspecified atom stereocenters. The van der Waals surface area contributed by atoms with Gasteiger partial charge in [-0.2, -0.15) is 0 Å². The molecule has 0 radical (unpaired) electrons. The van der Waals surface area contributed by atoms with E-state index in [0.29, 0.717) is 12.8 Å². The third-order valence-corrected chi connectivity index (χ3v) is 9.21. The van der Waals surface area contributed by atoms with E-state index in [1.165, 1.54) is 0 Å². The number of aliphatic carboxylic acids is 1. The van der Waals surface area contributed by atoms with Gasteiger partial charge in [-0.15, -0.1) is 0 Å². The molecule has 3 saturated carbocycles. The number of carbonyl (C=O) groups is 2. The SMILES string of the molecule is CC1(C)O[C@H]2C[C@H]3[C@@H]4CCC5=CC(=O)C=C[C@]5(C)[C@H]4[C@@H](O)C[C@]3(C)C2([C@@H](O)C(=O)O)O1. The molecular formula is C24H32O7. The number of aliphatic hydroxyl groups excluding tert-OH is 2. The van der Waals surface area contributed by atoms with E-state index in [2.05, 4.69) is 6.92 Å². The number of ketones is 1. The van der Waals surface area contributed by atoms with Crippen molar-refractivity contribution in [3.05, 3.63) is 23.8 Å². The van der Waals surface area contributed by atoms with Gasteiger partial charge in [0.15, 0.2) is 17.7 Å². The Morgan fingerprint density at radius 1 is 1.26 bits per heavy atom. The summed E-state index contributed by atoms with van der Waals surface area (Å²) in [6, 6.07) is 0. The van der Waals surface area contributed by atoms with Crippen molar-refractivity contribution in [3.63, 3.8) is 0 Å². The van der Waals surface area contributed by atoms with Gasteiger partial charge in [-0.05, 0) is 63.5 Å². The zero-order chi connectivity index (χ0) is 22.6. The zero-order valence-electron chi connectivity index (χ0n) is 18.5. The van der Waals surface area contributed by atoms with E-state index in [1.54, 1.807) is 26.0 Å². The summed E-state index contributed by atoms with van der Waals surface area (Å²) in [4.78, 5) is 24.0. The average molecular weight is 433 g/mol. The first-order valence-electron chi connectivity index (χ1n) is 11.3. The number of aliphatic hydroxyl groups is 2. The first-order valence-corrected chi connectivity index (χ1v) is 11.3. The van der Waals surface area contributed by atoms with Crippen LogP contribution in [0, 0.1) is 28.6 Å². The Bertz CT molecular complexity index is 906. The van der Waals surface area contributed by atoms with Crippen LogP contribution in [-0.4, -0.2) is 56.8 Å². The molecule has 5 aliphatic rings. The van der Waals surface area contributed by atoms with Gasteiger partial charge in [0.25, 0.3) is 0 Å². The van der Waals surface area contributed by atoms with E-state index in [-0.39, 0.29) is 23.5 Å². The molecule has 4 fully saturated rings. The van der Waals surface area contributed by atoms with Crippen LogP contribution in [0.2, 0.25) is 0 Å². The van der Waals surface area contributed by atoms with Gasteiger partial charge in [-0.25, -0.2) is 4.79 Å². The van der Waals surface area contributed by atoms with Gasteiger partial charge in [0.05, 0.1) is 12.2 Å². The molecule has 3 N–H and O–H groups in total. The Morgan fingerprint density at radius 2 is 1.97 bits per heavy atom. The minimum Gasteiger partial charge on any atom is -0.479 e. The molecule has 31 heavy (non-hydrogen) atoms. The van der Waals surface area contributed by atoms with Crippen LogP contribution < -0.4 is 0 Å². The molecule has 0 bridgehead atoms. The number of allylic oxidation sites excluding steroid dienone is 4. The number of carbonyl (C=O) groups excluding carboxylic acids is 1. The fourth-order valence-electron chi connectivity index (χ4n) is 8.15. The first kappa shape index (κ1) is 21.3. The van der Waals surface area contributed by atoms with Crippen LogP contribution in [-0.2, 0) is 19.1 Å². The predicted octanol–water partition coefficient (Wildman–Crippen LogP) is 2.21. The topological polar surface area (TPSA) is 113 Å². The number of fused-ring (bicyclic) bond motifs is 7. The summed E-state index contributed by atoms with van der Waals surface area (Å²) in [7, 11) is 0. The summed E-state index contributed by atoms with van der Waals surface area (Å²) >= 11 is 0. The Kier molecular flexibility index (Phi) is 4.32. The van der Waals surface area contributed by atoms with Crippen LogP contribution >= 0.6 is 0 Å². The summed E-state index contributed by atoms with van der Waals surface area (Å²) in [5, 5.41) is 32.2. The lowest BCUT2D eigenvalue weighted by Crippen LogP contribution is -2.65. The highest BCUT2D eigenvalue weighted by atomic mass is 16.8. The molecule has 1 aliphatic heterocycles. The molecule has 9 atom stereocenters. The molecule has 7 nitrogen and oxygen atoms in total. The second-order valence-corrected chi connectivity index (χ2v) is 11.1. The molecule has 0 aromatic heterocycles. The average Bonchev–Trinajstić information content (AvgIpc) is 3.07. The maximum absolute atomic E-state index is 12.0. The van der Waals surface area contributed by atoms with Gasteiger partial charge in [-0.3, -0.25) is 4.79 Å². The highest BCUT2D eigenvalue weighted by Crippen LogP contribution is 2.70. The van der Waals surface area contributed by atoms with Crippen molar-refractivity contribution in [1.82, 2.24) is 0 Å². The van der Waals surface area contributed by atoms with E-state index < -0.39 is 46.5 Å². The molecule has 5 rings (SSSR count). The lowest BCUT2D eigenvalue weighted by Gasteiger charge is -2.60. The van der Waals surface area contributed by atoms with E-state index in [1.807, 2.05) is 13.0 Å². The maximum atomic E-state index is 12.0. The summed E-state index contributed by atoms with van der Waals surface area (Å²) in [5.74, 6) is -2.31. The van der Waals surface area contributed by atoms with Gasteiger partial charge in [-0.1, -0.05) is 25.5 Å². The fourth-order valence-corrected chi connectivity index (χ4v) is 8.15. The van der Waals surface area contributed by atoms with E-state index in [4.69, 9.17) is 9.47 Å². The molecule has 7 heteroatoms. The van der Waals surface area contributed by atoms with Crippen molar-refractivity contribution in [1.29, 1.82) is 0 Å². The zero-order valence-corrected chi connectivity index (χ0v) is 18.5. The van der Waals surface area contributed by atoms with E-state index in [0.717, 1.165) is 18.4 Å². The Hall–Kier alpha value is -1.54. The predicted molar refractivity (Wildman–Crippen MR) is 110 cm³/mol. The Morgan fingerprint density at radius 3 is 2.65 bits per heavy atom. The maximum Gasteiger partial charge on any atom is 0.335 e. The van der Waals surface area contributed by atoms with E-state index in [9.17, 15) is 24.9 Å². The van der Waals surface area contributed by atoms with Crippen molar-refractivity contribution >= 4 is 11.8 Å². The van der Waals surface area contributed by atoms with Crippen molar-refractivity contribution in [3.8, 4) is 0 Å². The fraction of sp³-hybridized carbons (Fsp3) is 0.750. The Labute approximate surface area is 182 Å². The second kappa shape index (κ2) is 6.28. The van der Waals surface area contributed by atoms with Crippen LogP contribution in [0.15, 0.2) is 23.8 Å². The van der Waals surface area contributed by atoms with Crippen LogP contribution in [0.25, 0.3) is 0 Å². The molecule has 1 heterocycles. The van der Waals surface area contributed by atoms with Gasteiger partial charge < -0.3 is 24.8 Å². The van der Waals surface area contributed by atoms with Crippen LogP contribution in [0.4, 0.5) is 0 Å². The number of ether oxygens (including phenoxy) is 2. The van der Waals surface area contributed by atoms with Gasteiger partial charge in [0.2, 0.25) is 0 Å². The highest BCUT2D eigenvalue weighted by molar-refractivity contribution is 6.01. The van der Waals surface area contributed by atoms with Crippen molar-refractivity contribution in [2.45, 2.75) is 83.1 Å². The summed E-state index contributed by atoms with van der Waals surface area (Å²) in [6.45, 7) is 7.54. The molecule has 0 aromatic rings. The minimum atomic E-state index is -1.75. The van der Waals surface area contributed by atoms with Crippen LogP contribution in [0.1, 0.15) is 53.4 Å². The molecule has 1 saturated heterocycles. The molecule has 4 aliphatic carbocycles. The molecule has 170 valence electrons. The van der Waals surface area contributed by atoms with Gasteiger partial charge in [0.1, 0.15) is 5.60 Å². The van der Waals surface area contributed by atoms with E-state index >= 15 is 0 Å². The Balaban J connectivity index is 1.60. The van der Waals surface area contributed by atoms with Crippen molar-refractivity contribution < 1.29 is 34.4 Å². The smallest absolute Gasteiger partial charge is 0.335 e. The third-order valence-electron chi connectivity index (χ3n) is 9.21. The monoisotopic (exact) mass is 432 g/mol. The van der Waals surface area contributed by atoms with Crippen molar-refractivity contribution in [2.75, 3.05) is 0 Å². The molecule has 0 amide bonds. The van der Waals surface area contributed by atoms with Crippen LogP contribution in [0.3, 0.4) is 0 Å².